The summed E-state index contributed by atoms with van der Waals surface area (Å²) in [5, 5.41) is 11.3. The normalized spacial score (nSPS) is 10.0. The van der Waals surface area contributed by atoms with Crippen molar-refractivity contribution >= 4 is 24.6 Å². The predicted molar refractivity (Wildman–Crippen MR) is 65.1 cm³/mol. The lowest BCUT2D eigenvalue weighted by Gasteiger charge is -1.97. The third-order valence-corrected chi connectivity index (χ3v) is 1.75. The molecule has 3 N–H and O–H groups in total. The number of nitrogen functional groups attached to an aromatic ring is 1. The molecule has 2 rings (SSSR count). The van der Waals surface area contributed by atoms with E-state index >= 15 is 0 Å². The molecule has 0 saturated heterocycles. The number of benzene rings is 1. The molecule has 0 fully saturated rings. The van der Waals surface area contributed by atoms with Gasteiger partial charge in [0.05, 0.1) is 6.21 Å². The highest BCUT2D eigenvalue weighted by Gasteiger charge is 1.96. The van der Waals surface area contributed by atoms with E-state index < -0.39 is 0 Å². The van der Waals surface area contributed by atoms with Gasteiger partial charge in [0.15, 0.2) is 0 Å². The van der Waals surface area contributed by atoms with Crippen molar-refractivity contribution in [1.82, 2.24) is 14.9 Å². The number of aromatic nitrogens is 3. The van der Waals surface area contributed by atoms with Crippen LogP contribution in [0.4, 0.5) is 5.95 Å². The van der Waals surface area contributed by atoms with Crippen molar-refractivity contribution in [3.63, 3.8) is 0 Å². The Bertz CT molecular complexity index is 452. The Morgan fingerprint density at radius 1 is 1.31 bits per heavy atom. The van der Waals surface area contributed by atoms with Crippen LogP contribution < -0.4 is 11.3 Å². The van der Waals surface area contributed by atoms with Gasteiger partial charge in [-0.2, -0.15) is 5.10 Å². The average molecular weight is 239 g/mol. The minimum absolute atomic E-state index is 0. The monoisotopic (exact) mass is 238 g/mol. The smallest absolute Gasteiger partial charge is 0.263 e. The first-order valence-electron chi connectivity index (χ1n) is 4.35. The van der Waals surface area contributed by atoms with Crippen molar-refractivity contribution in [1.29, 1.82) is 0 Å². The van der Waals surface area contributed by atoms with E-state index in [0.717, 1.165) is 5.56 Å². The highest BCUT2D eigenvalue weighted by atomic mass is 35.5. The Morgan fingerprint density at radius 2 is 2.06 bits per heavy atom. The van der Waals surface area contributed by atoms with Gasteiger partial charge < -0.3 is 5.84 Å². The zero-order valence-electron chi connectivity index (χ0n) is 8.32. The molecule has 0 unspecified atom stereocenters. The van der Waals surface area contributed by atoms with Gasteiger partial charge in [0.1, 0.15) is 6.33 Å². The molecule has 6 nitrogen and oxygen atoms in total. The highest BCUT2D eigenvalue weighted by molar-refractivity contribution is 5.85. The maximum absolute atomic E-state index is 5.48. The van der Waals surface area contributed by atoms with Gasteiger partial charge >= 0.3 is 0 Å². The molecule has 2 aromatic rings. The number of hydrogen-bond donors (Lipinski definition) is 2. The third-order valence-electron chi connectivity index (χ3n) is 1.75. The summed E-state index contributed by atoms with van der Waals surface area (Å²) in [6, 6.07) is 9.71. The molecule has 16 heavy (non-hydrogen) atoms. The molecular weight excluding hydrogens is 228 g/mol. The van der Waals surface area contributed by atoms with E-state index in [9.17, 15) is 0 Å². The van der Waals surface area contributed by atoms with E-state index in [-0.39, 0.29) is 12.4 Å². The fraction of sp³-hybridized carbons (Fsp3) is 0. The topological polar surface area (TPSA) is 81.1 Å². The molecule has 0 atom stereocenters. The lowest BCUT2D eigenvalue weighted by Crippen LogP contribution is -2.10. The van der Waals surface area contributed by atoms with Crippen molar-refractivity contribution < 1.29 is 0 Å². The number of hydrazone groups is 1. The number of anilines is 1. The Hall–Kier alpha value is -2.08. The van der Waals surface area contributed by atoms with Crippen molar-refractivity contribution in [2.24, 2.45) is 5.10 Å². The number of halogens is 1. The van der Waals surface area contributed by atoms with Gasteiger partial charge in [0.2, 0.25) is 0 Å². The minimum atomic E-state index is 0. The summed E-state index contributed by atoms with van der Waals surface area (Å²) in [5.74, 6) is 5.87. The van der Waals surface area contributed by atoms with Crippen LogP contribution in [0.3, 0.4) is 0 Å². The van der Waals surface area contributed by atoms with Crippen LogP contribution >= 0.6 is 12.4 Å². The maximum atomic E-state index is 5.48. The van der Waals surface area contributed by atoms with Crippen LogP contribution in [-0.4, -0.2) is 21.1 Å². The van der Waals surface area contributed by atoms with E-state index in [1.54, 1.807) is 6.21 Å². The van der Waals surface area contributed by atoms with E-state index in [1.165, 1.54) is 11.0 Å². The van der Waals surface area contributed by atoms with Crippen LogP contribution in [0.2, 0.25) is 0 Å². The average Bonchev–Trinajstić information content (AvgIpc) is 2.66. The molecule has 0 radical (unpaired) electrons. The summed E-state index contributed by atoms with van der Waals surface area (Å²) >= 11 is 0. The molecule has 7 heteroatoms. The molecule has 0 aliphatic carbocycles. The molecule has 1 aromatic heterocycles. The number of rotatable bonds is 3. The molecule has 0 aliphatic heterocycles. The third kappa shape index (κ3) is 2.96. The van der Waals surface area contributed by atoms with Gasteiger partial charge in [-0.1, -0.05) is 30.3 Å². The zero-order valence-corrected chi connectivity index (χ0v) is 9.13. The summed E-state index contributed by atoms with van der Waals surface area (Å²) in [5.41, 5.74) is 3.67. The first-order valence-corrected chi connectivity index (χ1v) is 4.35. The second kappa shape index (κ2) is 5.72. The van der Waals surface area contributed by atoms with E-state index in [0.29, 0.717) is 5.95 Å². The lowest BCUT2D eigenvalue weighted by molar-refractivity contribution is 0.988. The summed E-state index contributed by atoms with van der Waals surface area (Å²) in [6.45, 7) is 0. The van der Waals surface area contributed by atoms with Gasteiger partial charge in [0, 0.05) is 0 Å². The molecule has 1 heterocycles. The molecule has 0 saturated carbocycles. The molecule has 0 amide bonds. The number of nitrogens with one attached hydrogen (secondary N) is 1. The van der Waals surface area contributed by atoms with Crippen LogP contribution in [0, 0.1) is 0 Å². The summed E-state index contributed by atoms with van der Waals surface area (Å²) in [7, 11) is 0. The molecular formula is C9H11ClN6. The largest absolute Gasteiger partial charge is 0.335 e. The summed E-state index contributed by atoms with van der Waals surface area (Å²) in [4.78, 5) is 0. The Morgan fingerprint density at radius 3 is 2.69 bits per heavy atom. The molecule has 0 bridgehead atoms. The van der Waals surface area contributed by atoms with Gasteiger partial charge in [-0.05, 0) is 5.56 Å². The van der Waals surface area contributed by atoms with Crippen LogP contribution in [-0.2, 0) is 0 Å². The van der Waals surface area contributed by atoms with Crippen LogP contribution in [0.15, 0.2) is 41.8 Å². The van der Waals surface area contributed by atoms with Crippen LogP contribution in [0.1, 0.15) is 5.56 Å². The zero-order chi connectivity index (χ0) is 10.5. The standard InChI is InChI=1S/C9H10N6.ClH/c10-15-7-12-14-9(15)13-11-6-8-4-2-1-3-5-8;/h1-7H,10H2,(H,13,14);1H/b11-6+;. The van der Waals surface area contributed by atoms with Gasteiger partial charge in [0.25, 0.3) is 5.95 Å². The number of nitrogens with zero attached hydrogens (tertiary/aromatic N) is 4. The van der Waals surface area contributed by atoms with Crippen molar-refractivity contribution in [2.75, 3.05) is 11.3 Å². The fourth-order valence-electron chi connectivity index (χ4n) is 1.03. The summed E-state index contributed by atoms with van der Waals surface area (Å²) < 4.78 is 1.25. The SMILES string of the molecule is Cl.Nn1cnnc1N/N=C/c1ccccc1. The molecule has 0 spiro atoms. The minimum Gasteiger partial charge on any atom is -0.335 e. The predicted octanol–water partition coefficient (Wildman–Crippen LogP) is 0.860. The quantitative estimate of drug-likeness (QED) is 0.472. The molecule has 0 aliphatic rings. The molecule has 1 aromatic carbocycles. The number of nitrogens with two attached hydrogens (primary N) is 1. The Balaban J connectivity index is 0.00000128. The highest BCUT2D eigenvalue weighted by Crippen LogP contribution is 1.97. The van der Waals surface area contributed by atoms with Crippen molar-refractivity contribution in [3.8, 4) is 0 Å². The van der Waals surface area contributed by atoms with Crippen molar-refractivity contribution in [2.45, 2.75) is 0 Å². The fourth-order valence-corrected chi connectivity index (χ4v) is 1.03. The van der Waals surface area contributed by atoms with E-state index in [4.69, 9.17) is 5.84 Å². The lowest BCUT2D eigenvalue weighted by atomic mass is 10.2. The van der Waals surface area contributed by atoms with Crippen LogP contribution in [0.5, 0.6) is 0 Å². The first kappa shape index (κ1) is 12.0. The Labute approximate surface area is 98.6 Å². The van der Waals surface area contributed by atoms with E-state index in [1.807, 2.05) is 30.3 Å². The second-order valence-corrected chi connectivity index (χ2v) is 2.84. The van der Waals surface area contributed by atoms with Gasteiger partial charge in [-0.15, -0.1) is 22.6 Å². The van der Waals surface area contributed by atoms with Crippen LogP contribution in [0.25, 0.3) is 0 Å². The summed E-state index contributed by atoms with van der Waals surface area (Å²) in [6.07, 6.45) is 3.06. The maximum Gasteiger partial charge on any atom is 0.263 e. The van der Waals surface area contributed by atoms with Gasteiger partial charge in [-0.25, -0.2) is 10.1 Å². The number of hydrogen-bond acceptors (Lipinski definition) is 5. The second-order valence-electron chi connectivity index (χ2n) is 2.84. The molecule has 84 valence electrons. The van der Waals surface area contributed by atoms with E-state index in [2.05, 4.69) is 20.7 Å². The van der Waals surface area contributed by atoms with Gasteiger partial charge in [-0.3, -0.25) is 0 Å². The Kier molecular flexibility index (Phi) is 4.28. The first-order chi connectivity index (χ1) is 7.36. The van der Waals surface area contributed by atoms with Crippen molar-refractivity contribution in [3.05, 3.63) is 42.2 Å².